The summed E-state index contributed by atoms with van der Waals surface area (Å²) >= 11 is 0. The van der Waals surface area contributed by atoms with Gasteiger partial charge in [-0.15, -0.1) is 0 Å². The SMILES string of the molecule is CC(=O)N(CC(N)=O)C(C)C. The zero-order chi connectivity index (χ0) is 9.02. The first-order chi connectivity index (χ1) is 4.95. The molecule has 0 spiro atoms. The maximum Gasteiger partial charge on any atom is 0.237 e. The molecule has 0 aliphatic carbocycles. The average molecular weight is 158 g/mol. The van der Waals surface area contributed by atoms with Gasteiger partial charge in [0, 0.05) is 13.0 Å². The lowest BCUT2D eigenvalue weighted by Gasteiger charge is -2.23. The zero-order valence-electron chi connectivity index (χ0n) is 7.13. The molecule has 4 nitrogen and oxygen atoms in total. The molecular weight excluding hydrogens is 144 g/mol. The smallest absolute Gasteiger partial charge is 0.237 e. The molecule has 2 amide bonds. The second-order valence-electron chi connectivity index (χ2n) is 2.71. The number of hydrogen-bond acceptors (Lipinski definition) is 2. The minimum Gasteiger partial charge on any atom is -0.368 e. The summed E-state index contributed by atoms with van der Waals surface area (Å²) in [7, 11) is 0. The molecular formula is C7H14N2O2. The third kappa shape index (κ3) is 3.60. The molecule has 0 bridgehead atoms. The van der Waals surface area contributed by atoms with Crippen LogP contribution in [0.3, 0.4) is 0 Å². The summed E-state index contributed by atoms with van der Waals surface area (Å²) < 4.78 is 0. The van der Waals surface area contributed by atoms with E-state index in [0.29, 0.717) is 0 Å². The molecule has 64 valence electrons. The topological polar surface area (TPSA) is 63.4 Å². The molecule has 2 N–H and O–H groups in total. The molecule has 0 aromatic rings. The van der Waals surface area contributed by atoms with Crippen molar-refractivity contribution in [3.8, 4) is 0 Å². The highest BCUT2D eigenvalue weighted by molar-refractivity contribution is 5.82. The third-order valence-electron chi connectivity index (χ3n) is 1.35. The molecule has 0 heterocycles. The van der Waals surface area contributed by atoms with Gasteiger partial charge in [0.05, 0.1) is 6.54 Å². The Morgan fingerprint density at radius 3 is 2.00 bits per heavy atom. The highest BCUT2D eigenvalue weighted by Gasteiger charge is 2.13. The van der Waals surface area contributed by atoms with Gasteiger partial charge in [0.25, 0.3) is 0 Å². The van der Waals surface area contributed by atoms with Gasteiger partial charge in [0.1, 0.15) is 0 Å². The highest BCUT2D eigenvalue weighted by Crippen LogP contribution is 1.96. The molecule has 0 aromatic carbocycles. The summed E-state index contributed by atoms with van der Waals surface area (Å²) in [5, 5.41) is 0. The third-order valence-corrected chi connectivity index (χ3v) is 1.35. The van der Waals surface area contributed by atoms with E-state index < -0.39 is 5.91 Å². The molecule has 4 heteroatoms. The number of amides is 2. The molecule has 0 fully saturated rings. The molecule has 0 unspecified atom stereocenters. The van der Waals surface area contributed by atoms with Gasteiger partial charge in [-0.25, -0.2) is 0 Å². The van der Waals surface area contributed by atoms with Crippen molar-refractivity contribution in [2.45, 2.75) is 26.8 Å². The lowest BCUT2D eigenvalue weighted by atomic mass is 10.3. The summed E-state index contributed by atoms with van der Waals surface area (Å²) in [5.74, 6) is -0.604. The van der Waals surface area contributed by atoms with Crippen LogP contribution in [0.2, 0.25) is 0 Å². The first-order valence-electron chi connectivity index (χ1n) is 3.50. The summed E-state index contributed by atoms with van der Waals surface area (Å²) in [4.78, 5) is 22.7. The maximum absolute atomic E-state index is 10.8. The number of nitrogens with zero attached hydrogens (tertiary/aromatic N) is 1. The number of primary amides is 1. The van der Waals surface area contributed by atoms with Crippen LogP contribution in [0, 0.1) is 0 Å². The van der Waals surface area contributed by atoms with Gasteiger partial charge in [-0.1, -0.05) is 0 Å². The molecule has 0 rings (SSSR count). The number of nitrogens with two attached hydrogens (primary N) is 1. The zero-order valence-corrected chi connectivity index (χ0v) is 7.13. The van der Waals surface area contributed by atoms with E-state index in [4.69, 9.17) is 5.73 Å². The van der Waals surface area contributed by atoms with Gasteiger partial charge in [0.15, 0.2) is 0 Å². The number of hydrogen-bond donors (Lipinski definition) is 1. The van der Waals surface area contributed by atoms with Crippen molar-refractivity contribution in [1.82, 2.24) is 4.90 Å². The van der Waals surface area contributed by atoms with Crippen LogP contribution in [0.4, 0.5) is 0 Å². The standard InChI is InChI=1S/C7H14N2O2/c1-5(2)9(6(3)10)4-7(8)11/h5H,4H2,1-3H3,(H2,8,11). The van der Waals surface area contributed by atoms with Crippen LogP contribution in [0.1, 0.15) is 20.8 Å². The molecule has 0 saturated carbocycles. The maximum atomic E-state index is 10.8. The first kappa shape index (κ1) is 9.94. The molecule has 0 aromatic heterocycles. The Morgan fingerprint density at radius 1 is 1.45 bits per heavy atom. The summed E-state index contributed by atoms with van der Waals surface area (Å²) in [5.41, 5.74) is 4.94. The van der Waals surface area contributed by atoms with Gasteiger partial charge in [-0.05, 0) is 13.8 Å². The van der Waals surface area contributed by atoms with Crippen LogP contribution in [0.25, 0.3) is 0 Å². The first-order valence-corrected chi connectivity index (χ1v) is 3.50. The monoisotopic (exact) mass is 158 g/mol. The number of carbonyl (C=O) groups excluding carboxylic acids is 2. The van der Waals surface area contributed by atoms with Gasteiger partial charge in [-0.2, -0.15) is 0 Å². The van der Waals surface area contributed by atoms with Crippen LogP contribution in [0.15, 0.2) is 0 Å². The quantitative estimate of drug-likeness (QED) is 0.614. The Morgan fingerprint density at radius 2 is 1.91 bits per heavy atom. The van der Waals surface area contributed by atoms with Crippen molar-refractivity contribution >= 4 is 11.8 Å². The Kier molecular flexibility index (Phi) is 3.57. The normalized spacial score (nSPS) is 9.82. The summed E-state index contributed by atoms with van der Waals surface area (Å²) in [6.45, 7) is 5.10. The van der Waals surface area contributed by atoms with Crippen LogP contribution >= 0.6 is 0 Å². The van der Waals surface area contributed by atoms with E-state index in [1.54, 1.807) is 0 Å². The Bertz CT molecular complexity index is 166. The fourth-order valence-corrected chi connectivity index (χ4v) is 0.825. The van der Waals surface area contributed by atoms with E-state index in [-0.39, 0.29) is 18.5 Å². The Balaban J connectivity index is 4.12. The second-order valence-corrected chi connectivity index (χ2v) is 2.71. The van der Waals surface area contributed by atoms with E-state index in [9.17, 15) is 9.59 Å². The van der Waals surface area contributed by atoms with Gasteiger partial charge in [-0.3, -0.25) is 9.59 Å². The van der Waals surface area contributed by atoms with Gasteiger partial charge in [0.2, 0.25) is 11.8 Å². The van der Waals surface area contributed by atoms with E-state index in [0.717, 1.165) is 0 Å². The molecule has 0 aliphatic rings. The van der Waals surface area contributed by atoms with Crippen LogP contribution < -0.4 is 5.73 Å². The van der Waals surface area contributed by atoms with Crippen molar-refractivity contribution in [3.05, 3.63) is 0 Å². The van der Waals surface area contributed by atoms with Crippen molar-refractivity contribution in [2.75, 3.05) is 6.54 Å². The Hall–Kier alpha value is -1.06. The average Bonchev–Trinajstić information content (AvgIpc) is 1.81. The predicted octanol–water partition coefficient (Wildman–Crippen LogP) is -0.271. The minimum absolute atomic E-state index is 0.00694. The van der Waals surface area contributed by atoms with E-state index >= 15 is 0 Å². The molecule has 0 saturated heterocycles. The number of rotatable bonds is 3. The molecule has 0 atom stereocenters. The van der Waals surface area contributed by atoms with Crippen LogP contribution in [0.5, 0.6) is 0 Å². The van der Waals surface area contributed by atoms with Crippen LogP contribution in [-0.2, 0) is 9.59 Å². The van der Waals surface area contributed by atoms with Crippen LogP contribution in [-0.4, -0.2) is 29.3 Å². The minimum atomic E-state index is -0.478. The molecule has 0 radical (unpaired) electrons. The fourth-order valence-electron chi connectivity index (χ4n) is 0.825. The van der Waals surface area contributed by atoms with Gasteiger partial charge >= 0.3 is 0 Å². The number of carbonyl (C=O) groups is 2. The predicted molar refractivity (Wildman–Crippen MR) is 41.7 cm³/mol. The van der Waals surface area contributed by atoms with Crippen molar-refractivity contribution in [2.24, 2.45) is 5.73 Å². The lowest BCUT2D eigenvalue weighted by molar-refractivity contribution is -0.134. The summed E-state index contributed by atoms with van der Waals surface area (Å²) in [6, 6.07) is 0.0278. The molecule has 0 aliphatic heterocycles. The van der Waals surface area contributed by atoms with Gasteiger partial charge < -0.3 is 10.6 Å². The highest BCUT2D eigenvalue weighted by atomic mass is 16.2. The Labute approximate surface area is 66.4 Å². The van der Waals surface area contributed by atoms with E-state index in [2.05, 4.69) is 0 Å². The van der Waals surface area contributed by atoms with Crippen molar-refractivity contribution in [3.63, 3.8) is 0 Å². The summed E-state index contributed by atoms with van der Waals surface area (Å²) in [6.07, 6.45) is 0. The molecule has 11 heavy (non-hydrogen) atoms. The largest absolute Gasteiger partial charge is 0.368 e. The fraction of sp³-hybridized carbons (Fsp3) is 0.714. The van der Waals surface area contributed by atoms with Crippen molar-refractivity contribution < 1.29 is 9.59 Å². The second kappa shape index (κ2) is 3.95. The van der Waals surface area contributed by atoms with E-state index in [1.165, 1.54) is 11.8 Å². The lowest BCUT2D eigenvalue weighted by Crippen LogP contribution is -2.41. The van der Waals surface area contributed by atoms with Crippen molar-refractivity contribution in [1.29, 1.82) is 0 Å². The van der Waals surface area contributed by atoms with E-state index in [1.807, 2.05) is 13.8 Å².